The molecular formula is C17H22FNOS. The molecule has 1 atom stereocenters. The molecule has 114 valence electrons. The van der Waals surface area contributed by atoms with Crippen LogP contribution in [0.15, 0.2) is 35.0 Å². The molecule has 0 aliphatic rings. The van der Waals surface area contributed by atoms with Crippen molar-refractivity contribution in [3.63, 3.8) is 0 Å². The van der Waals surface area contributed by atoms with E-state index in [9.17, 15) is 4.39 Å². The Hall–Kier alpha value is -1.39. The van der Waals surface area contributed by atoms with Gasteiger partial charge in [0.2, 0.25) is 0 Å². The van der Waals surface area contributed by atoms with Gasteiger partial charge in [0, 0.05) is 24.1 Å². The average Bonchev–Trinajstić information content (AvgIpc) is 2.98. The second-order valence-electron chi connectivity index (χ2n) is 5.09. The van der Waals surface area contributed by atoms with Crippen LogP contribution in [-0.4, -0.2) is 13.2 Å². The molecule has 1 aromatic carbocycles. The minimum Gasteiger partial charge on any atom is -0.493 e. The Morgan fingerprint density at radius 3 is 2.90 bits per heavy atom. The van der Waals surface area contributed by atoms with E-state index < -0.39 is 0 Å². The van der Waals surface area contributed by atoms with Crippen LogP contribution in [0.5, 0.6) is 5.75 Å². The summed E-state index contributed by atoms with van der Waals surface area (Å²) in [7, 11) is 0. The van der Waals surface area contributed by atoms with Crippen LogP contribution in [-0.2, 0) is 6.42 Å². The zero-order valence-electron chi connectivity index (χ0n) is 12.6. The van der Waals surface area contributed by atoms with Crippen molar-refractivity contribution in [2.24, 2.45) is 0 Å². The number of thiophene rings is 1. The van der Waals surface area contributed by atoms with Gasteiger partial charge in [0.25, 0.3) is 0 Å². The molecule has 2 nitrogen and oxygen atoms in total. The molecule has 0 bridgehead atoms. The number of nitrogens with one attached hydrogen (secondary N) is 1. The Morgan fingerprint density at radius 2 is 2.19 bits per heavy atom. The lowest BCUT2D eigenvalue weighted by molar-refractivity contribution is 0.313. The van der Waals surface area contributed by atoms with Gasteiger partial charge in [-0.15, -0.1) is 0 Å². The van der Waals surface area contributed by atoms with E-state index in [2.05, 4.69) is 36.0 Å². The maximum absolute atomic E-state index is 13.5. The van der Waals surface area contributed by atoms with Gasteiger partial charge in [-0.1, -0.05) is 13.0 Å². The first kappa shape index (κ1) is 16.0. The Labute approximate surface area is 130 Å². The van der Waals surface area contributed by atoms with Crippen LogP contribution >= 0.6 is 11.3 Å². The first-order valence-corrected chi connectivity index (χ1v) is 8.31. The van der Waals surface area contributed by atoms with Gasteiger partial charge in [-0.25, -0.2) is 4.39 Å². The molecular weight excluding hydrogens is 285 g/mol. The third kappa shape index (κ3) is 4.83. The quantitative estimate of drug-likeness (QED) is 0.771. The molecule has 0 saturated heterocycles. The van der Waals surface area contributed by atoms with E-state index >= 15 is 0 Å². The van der Waals surface area contributed by atoms with Crippen molar-refractivity contribution < 1.29 is 9.13 Å². The van der Waals surface area contributed by atoms with Gasteiger partial charge in [0.1, 0.15) is 11.6 Å². The Balaban J connectivity index is 2.00. The van der Waals surface area contributed by atoms with Crippen LogP contribution in [0.4, 0.5) is 4.39 Å². The van der Waals surface area contributed by atoms with E-state index in [0.717, 1.165) is 24.9 Å². The summed E-state index contributed by atoms with van der Waals surface area (Å²) >= 11 is 1.68. The minimum atomic E-state index is -0.257. The predicted molar refractivity (Wildman–Crippen MR) is 86.6 cm³/mol. The van der Waals surface area contributed by atoms with E-state index in [1.165, 1.54) is 17.7 Å². The van der Waals surface area contributed by atoms with Crippen molar-refractivity contribution in [2.75, 3.05) is 13.2 Å². The highest BCUT2D eigenvalue weighted by atomic mass is 32.1. The molecule has 2 rings (SSSR count). The lowest BCUT2D eigenvalue weighted by Gasteiger charge is -2.18. The lowest BCUT2D eigenvalue weighted by atomic mass is 10.1. The van der Waals surface area contributed by atoms with Gasteiger partial charge in [0.05, 0.1) is 6.61 Å². The van der Waals surface area contributed by atoms with Crippen molar-refractivity contribution in [2.45, 2.75) is 32.7 Å². The molecule has 0 aliphatic heterocycles. The van der Waals surface area contributed by atoms with Gasteiger partial charge >= 0.3 is 0 Å². The summed E-state index contributed by atoms with van der Waals surface area (Å²) in [6.07, 6.45) is 1.91. The highest BCUT2D eigenvalue weighted by molar-refractivity contribution is 7.07. The van der Waals surface area contributed by atoms with E-state index in [1.807, 2.05) is 6.07 Å². The second kappa shape index (κ2) is 8.15. The van der Waals surface area contributed by atoms with E-state index in [4.69, 9.17) is 4.74 Å². The van der Waals surface area contributed by atoms with Crippen LogP contribution in [0, 0.1) is 5.82 Å². The monoisotopic (exact) mass is 307 g/mol. The van der Waals surface area contributed by atoms with Gasteiger partial charge in [0.15, 0.2) is 0 Å². The standard InChI is InChI=1S/C17H22FNOS/c1-3-8-19-13(2)16-5-4-15(18)11-17(16)20-9-6-14-7-10-21-12-14/h4-5,7,10-13,19H,3,6,8-9H2,1-2H3. The van der Waals surface area contributed by atoms with Crippen LogP contribution < -0.4 is 10.1 Å². The number of rotatable bonds is 8. The Morgan fingerprint density at radius 1 is 1.33 bits per heavy atom. The Bertz CT molecular complexity index is 542. The average molecular weight is 307 g/mol. The summed E-state index contributed by atoms with van der Waals surface area (Å²) in [4.78, 5) is 0. The molecule has 0 fully saturated rings. The highest BCUT2D eigenvalue weighted by Gasteiger charge is 2.12. The van der Waals surface area contributed by atoms with Crippen LogP contribution in [0.1, 0.15) is 37.4 Å². The fourth-order valence-electron chi connectivity index (χ4n) is 2.18. The zero-order valence-corrected chi connectivity index (χ0v) is 13.4. The van der Waals surface area contributed by atoms with Crippen molar-refractivity contribution in [1.82, 2.24) is 5.32 Å². The summed E-state index contributed by atoms with van der Waals surface area (Å²) in [5.41, 5.74) is 2.27. The Kier molecular flexibility index (Phi) is 6.21. The molecule has 1 N–H and O–H groups in total. The molecule has 2 aromatic rings. The summed E-state index contributed by atoms with van der Waals surface area (Å²) in [5, 5.41) is 7.58. The summed E-state index contributed by atoms with van der Waals surface area (Å²) in [6, 6.07) is 7.02. The van der Waals surface area contributed by atoms with E-state index in [1.54, 1.807) is 11.3 Å². The fourth-order valence-corrected chi connectivity index (χ4v) is 2.88. The second-order valence-corrected chi connectivity index (χ2v) is 5.87. The van der Waals surface area contributed by atoms with Crippen molar-refractivity contribution in [3.8, 4) is 5.75 Å². The van der Waals surface area contributed by atoms with Gasteiger partial charge < -0.3 is 10.1 Å². The number of hydrogen-bond acceptors (Lipinski definition) is 3. The number of halogens is 1. The summed E-state index contributed by atoms with van der Waals surface area (Å²) in [5.74, 6) is 0.383. The normalized spacial score (nSPS) is 12.3. The highest BCUT2D eigenvalue weighted by Crippen LogP contribution is 2.26. The molecule has 0 saturated carbocycles. The molecule has 1 aromatic heterocycles. The van der Waals surface area contributed by atoms with Crippen molar-refractivity contribution in [1.29, 1.82) is 0 Å². The van der Waals surface area contributed by atoms with E-state index in [-0.39, 0.29) is 11.9 Å². The van der Waals surface area contributed by atoms with Gasteiger partial charge in [-0.3, -0.25) is 0 Å². The molecule has 4 heteroatoms. The van der Waals surface area contributed by atoms with Crippen LogP contribution in [0.2, 0.25) is 0 Å². The van der Waals surface area contributed by atoms with E-state index in [0.29, 0.717) is 12.4 Å². The first-order valence-electron chi connectivity index (χ1n) is 7.37. The molecule has 0 amide bonds. The third-order valence-corrected chi connectivity index (χ3v) is 4.10. The largest absolute Gasteiger partial charge is 0.493 e. The van der Waals surface area contributed by atoms with Gasteiger partial charge in [-0.05, 0) is 48.3 Å². The molecule has 1 unspecified atom stereocenters. The molecule has 0 radical (unpaired) electrons. The van der Waals surface area contributed by atoms with Crippen LogP contribution in [0.3, 0.4) is 0 Å². The number of ether oxygens (including phenoxy) is 1. The van der Waals surface area contributed by atoms with Crippen molar-refractivity contribution in [3.05, 3.63) is 52.0 Å². The third-order valence-electron chi connectivity index (χ3n) is 3.37. The molecule has 0 aliphatic carbocycles. The molecule has 21 heavy (non-hydrogen) atoms. The zero-order chi connectivity index (χ0) is 15.1. The smallest absolute Gasteiger partial charge is 0.126 e. The molecule has 0 spiro atoms. The first-order chi connectivity index (χ1) is 10.2. The summed E-state index contributed by atoms with van der Waals surface area (Å²) in [6.45, 7) is 5.71. The SMILES string of the molecule is CCCNC(C)c1ccc(F)cc1OCCc1ccsc1. The molecule has 1 heterocycles. The topological polar surface area (TPSA) is 21.3 Å². The fraction of sp³-hybridized carbons (Fsp3) is 0.412. The maximum atomic E-state index is 13.5. The summed E-state index contributed by atoms with van der Waals surface area (Å²) < 4.78 is 19.3. The predicted octanol–water partition coefficient (Wildman–Crippen LogP) is 4.57. The minimum absolute atomic E-state index is 0.154. The lowest BCUT2D eigenvalue weighted by Crippen LogP contribution is -2.20. The van der Waals surface area contributed by atoms with Crippen LogP contribution in [0.25, 0.3) is 0 Å². The maximum Gasteiger partial charge on any atom is 0.126 e. The van der Waals surface area contributed by atoms with Crippen molar-refractivity contribution >= 4 is 11.3 Å². The number of hydrogen-bond donors (Lipinski definition) is 1. The number of benzene rings is 1. The van der Waals surface area contributed by atoms with Gasteiger partial charge in [-0.2, -0.15) is 11.3 Å².